The molecule has 0 spiro atoms. The van der Waals surface area contributed by atoms with Crippen LogP contribution in [0.15, 0.2) is 72.8 Å². The van der Waals surface area contributed by atoms with Gasteiger partial charge in [-0.1, -0.05) is 58.1 Å². The van der Waals surface area contributed by atoms with Gasteiger partial charge in [-0.15, -0.1) is 0 Å². The Hall–Kier alpha value is -3.35. The lowest BCUT2D eigenvalue weighted by molar-refractivity contribution is -0.774. The Labute approximate surface area is 182 Å². The number of halogens is 2. The van der Waals surface area contributed by atoms with Crippen LogP contribution in [0.3, 0.4) is 0 Å². The normalized spacial score (nSPS) is 10.9. The second-order valence-corrected chi connectivity index (χ2v) is 7.39. The van der Waals surface area contributed by atoms with Crippen LogP contribution >= 0.6 is 23.2 Å². The molecule has 150 valence electrons. The van der Waals surface area contributed by atoms with Gasteiger partial charge in [0.25, 0.3) is 5.91 Å². The number of anilines is 1. The number of carbonyl (C=O) groups is 1. The lowest BCUT2D eigenvalue weighted by Gasteiger charge is -2.06. The van der Waals surface area contributed by atoms with Crippen LogP contribution in [0.25, 0.3) is 16.6 Å². The molecule has 1 heterocycles. The first-order chi connectivity index (χ1) is 14.5. The van der Waals surface area contributed by atoms with E-state index in [1.807, 2.05) is 18.2 Å². The van der Waals surface area contributed by atoms with Crippen molar-refractivity contribution in [3.8, 4) is 17.6 Å². The summed E-state index contributed by atoms with van der Waals surface area (Å²) in [7, 11) is 0. The van der Waals surface area contributed by atoms with E-state index in [4.69, 9.17) is 23.2 Å². The maximum atomic E-state index is 12.7. The minimum atomic E-state index is -0.340. The van der Waals surface area contributed by atoms with E-state index in [9.17, 15) is 15.0 Å². The Morgan fingerprint density at radius 1 is 0.900 bits per heavy atom. The molecule has 0 saturated heterocycles. The second kappa shape index (κ2) is 8.18. The molecule has 0 unspecified atom stereocenters. The molecule has 3 aromatic carbocycles. The highest BCUT2D eigenvalue weighted by Gasteiger charge is 2.36. The lowest BCUT2D eigenvalue weighted by atomic mass is 10.2. The van der Waals surface area contributed by atoms with Gasteiger partial charge in [-0.25, -0.2) is 0 Å². The summed E-state index contributed by atoms with van der Waals surface area (Å²) in [6.45, 7) is -0.178. The molecule has 0 bridgehead atoms. The summed E-state index contributed by atoms with van der Waals surface area (Å²) in [6.07, 6.45) is 0. The van der Waals surface area contributed by atoms with E-state index < -0.39 is 0 Å². The van der Waals surface area contributed by atoms with Crippen molar-refractivity contribution in [1.82, 2.24) is 0 Å². The van der Waals surface area contributed by atoms with E-state index >= 15 is 0 Å². The van der Waals surface area contributed by atoms with E-state index in [0.717, 1.165) is 0 Å². The monoisotopic (exact) mass is 441 g/mol. The van der Waals surface area contributed by atoms with E-state index in [2.05, 4.69) is 5.32 Å². The number of nitrogens with one attached hydrogen (secondary N) is 1. The molecule has 4 rings (SSSR count). The fourth-order valence-electron chi connectivity index (χ4n) is 3.23. The maximum absolute atomic E-state index is 12.7. The SMILES string of the molecule is O=C(C[n+]1c(O)[n+](-c2ccc(Cl)c(Cl)c2)c(O)c2ccccc21)Nc1ccccc1. The zero-order valence-electron chi connectivity index (χ0n) is 15.6. The number of nitrogens with zero attached hydrogens (tertiary/aromatic N) is 2. The van der Waals surface area contributed by atoms with E-state index in [0.29, 0.717) is 27.3 Å². The predicted octanol–water partition coefficient (Wildman–Crippen LogP) is 3.76. The quantitative estimate of drug-likeness (QED) is 0.422. The Balaban J connectivity index is 1.84. The molecule has 0 radical (unpaired) electrons. The summed E-state index contributed by atoms with van der Waals surface area (Å²) in [5.74, 6) is -0.528. The van der Waals surface area contributed by atoms with Crippen LogP contribution in [0.2, 0.25) is 10.0 Å². The summed E-state index contributed by atoms with van der Waals surface area (Å²) in [5.41, 5.74) is 1.53. The van der Waals surface area contributed by atoms with Gasteiger partial charge in [-0.2, -0.15) is 0 Å². The molecular weight excluding hydrogens is 425 g/mol. The zero-order chi connectivity index (χ0) is 21.3. The second-order valence-electron chi connectivity index (χ2n) is 6.57. The van der Waals surface area contributed by atoms with Crippen molar-refractivity contribution in [3.63, 3.8) is 0 Å². The van der Waals surface area contributed by atoms with Gasteiger partial charge < -0.3 is 15.5 Å². The number of benzene rings is 3. The Morgan fingerprint density at radius 3 is 2.33 bits per heavy atom. The van der Waals surface area contributed by atoms with Crippen LogP contribution in [0.4, 0.5) is 5.69 Å². The number of amides is 1. The molecule has 1 amide bonds. The molecule has 8 heteroatoms. The topological polar surface area (TPSA) is 77.3 Å². The summed E-state index contributed by atoms with van der Waals surface area (Å²) in [4.78, 5) is 12.7. The maximum Gasteiger partial charge on any atom is 0.638 e. The smallest absolute Gasteiger partial charge is 0.459 e. The molecule has 0 aliphatic carbocycles. The highest BCUT2D eigenvalue weighted by molar-refractivity contribution is 6.42. The lowest BCUT2D eigenvalue weighted by Crippen LogP contribution is -2.49. The molecule has 0 atom stereocenters. The summed E-state index contributed by atoms with van der Waals surface area (Å²) in [5, 5.41) is 25.7. The van der Waals surface area contributed by atoms with Crippen molar-refractivity contribution in [2.24, 2.45) is 0 Å². The largest absolute Gasteiger partial charge is 0.638 e. The molecule has 0 aliphatic rings. The third-order valence-corrected chi connectivity index (χ3v) is 5.35. The number of aromatic nitrogens is 2. The van der Waals surface area contributed by atoms with Crippen molar-refractivity contribution in [1.29, 1.82) is 0 Å². The molecule has 1 aromatic heterocycles. The Kier molecular flexibility index (Phi) is 5.44. The van der Waals surface area contributed by atoms with E-state index in [1.165, 1.54) is 15.2 Å². The van der Waals surface area contributed by atoms with Gasteiger partial charge >= 0.3 is 11.9 Å². The van der Waals surface area contributed by atoms with Gasteiger partial charge in [0.2, 0.25) is 17.7 Å². The van der Waals surface area contributed by atoms with Gasteiger partial charge in [0.1, 0.15) is 0 Å². The van der Waals surface area contributed by atoms with Crippen molar-refractivity contribution < 1.29 is 24.1 Å². The fraction of sp³-hybridized carbons (Fsp3) is 0.0455. The number of rotatable bonds is 4. The van der Waals surface area contributed by atoms with Crippen LogP contribution in [0.5, 0.6) is 11.9 Å². The van der Waals surface area contributed by atoms with Gasteiger partial charge in [0, 0.05) is 23.9 Å². The average Bonchev–Trinajstić information content (AvgIpc) is 2.74. The fourth-order valence-corrected chi connectivity index (χ4v) is 3.52. The van der Waals surface area contributed by atoms with Gasteiger partial charge in [0.15, 0.2) is 5.39 Å². The number of hydrogen-bond donors (Lipinski definition) is 3. The van der Waals surface area contributed by atoms with Crippen LogP contribution in [-0.2, 0) is 11.3 Å². The summed E-state index contributed by atoms with van der Waals surface area (Å²) >= 11 is 12.1. The van der Waals surface area contributed by atoms with Crippen molar-refractivity contribution >= 4 is 45.7 Å². The predicted molar refractivity (Wildman–Crippen MR) is 114 cm³/mol. The molecule has 0 aliphatic heterocycles. The minimum absolute atomic E-state index is 0.178. The van der Waals surface area contributed by atoms with Crippen LogP contribution < -0.4 is 14.5 Å². The average molecular weight is 442 g/mol. The molecule has 6 nitrogen and oxygen atoms in total. The first-order valence-electron chi connectivity index (χ1n) is 9.04. The van der Waals surface area contributed by atoms with Crippen molar-refractivity contribution in [2.75, 3.05) is 5.32 Å². The highest BCUT2D eigenvalue weighted by Crippen LogP contribution is 2.26. The Bertz CT molecular complexity index is 1260. The summed E-state index contributed by atoms with van der Waals surface area (Å²) < 4.78 is 2.62. The van der Waals surface area contributed by atoms with Crippen molar-refractivity contribution in [2.45, 2.75) is 6.54 Å². The first-order valence-corrected chi connectivity index (χ1v) is 9.80. The molecule has 0 fully saturated rings. The van der Waals surface area contributed by atoms with Gasteiger partial charge in [-0.3, -0.25) is 4.79 Å². The van der Waals surface area contributed by atoms with Gasteiger partial charge in [0.05, 0.1) is 10.0 Å². The van der Waals surface area contributed by atoms with Crippen LogP contribution in [-0.4, -0.2) is 16.1 Å². The van der Waals surface area contributed by atoms with Crippen LogP contribution in [0.1, 0.15) is 0 Å². The molecule has 4 aromatic rings. The summed E-state index contributed by atoms with van der Waals surface area (Å²) in [6, 6.07) is 20.3. The third-order valence-electron chi connectivity index (χ3n) is 4.61. The number of hydrogen-bond acceptors (Lipinski definition) is 3. The third kappa shape index (κ3) is 3.75. The number of fused-ring (bicyclic) bond motifs is 1. The number of carbonyl (C=O) groups excluding carboxylic acids is 1. The van der Waals surface area contributed by atoms with Gasteiger partial charge in [-0.05, 0) is 28.8 Å². The first kappa shape index (κ1) is 19.9. The Morgan fingerprint density at radius 2 is 1.60 bits per heavy atom. The number of para-hydroxylation sites is 2. The molecule has 3 N–H and O–H groups in total. The van der Waals surface area contributed by atoms with E-state index in [-0.39, 0.29) is 29.4 Å². The zero-order valence-corrected chi connectivity index (χ0v) is 17.1. The molecular formula is C22H17Cl2N3O3+2. The van der Waals surface area contributed by atoms with Crippen molar-refractivity contribution in [3.05, 3.63) is 82.8 Å². The van der Waals surface area contributed by atoms with E-state index in [1.54, 1.807) is 48.5 Å². The number of aromatic hydroxyl groups is 2. The molecule has 30 heavy (non-hydrogen) atoms. The minimum Gasteiger partial charge on any atom is -0.459 e. The highest BCUT2D eigenvalue weighted by atomic mass is 35.5. The van der Waals surface area contributed by atoms with Crippen LogP contribution in [0, 0.1) is 0 Å². The standard InChI is InChI=1S/C22H15Cl2N3O3/c23-17-11-10-15(12-18(17)24)27-21(29)16-8-4-5-9-19(16)26(22(27)30)13-20(28)25-14-6-2-1-3-7-14/h1-12H,13H2,(H,25,28)/p+2. The molecule has 0 saturated carbocycles.